The van der Waals surface area contributed by atoms with Gasteiger partial charge in [-0.15, -0.1) is 5.10 Å². The van der Waals surface area contributed by atoms with Gasteiger partial charge in [-0.05, 0) is 37.0 Å². The van der Waals surface area contributed by atoms with Crippen molar-refractivity contribution >= 4 is 10.0 Å². The molecule has 0 saturated carbocycles. The topological polar surface area (TPSA) is 76.9 Å². The summed E-state index contributed by atoms with van der Waals surface area (Å²) in [6.45, 7) is 10.9. The fourth-order valence-corrected chi connectivity index (χ4v) is 3.26. The Morgan fingerprint density at radius 3 is 2.30 bits per heavy atom. The molecule has 0 spiro atoms. The molecule has 7 heteroatoms. The third-order valence-electron chi connectivity index (χ3n) is 3.79. The highest BCUT2D eigenvalue weighted by Crippen LogP contribution is 2.23. The molecule has 0 aliphatic heterocycles. The van der Waals surface area contributed by atoms with Gasteiger partial charge in [-0.25, -0.2) is 17.8 Å². The van der Waals surface area contributed by atoms with Gasteiger partial charge in [0.25, 0.3) is 0 Å². The average Bonchev–Trinajstić information content (AvgIpc) is 2.85. The van der Waals surface area contributed by atoms with Crippen LogP contribution in [-0.4, -0.2) is 23.4 Å². The molecule has 1 aromatic heterocycles. The lowest BCUT2D eigenvalue weighted by Crippen LogP contribution is -2.25. The van der Waals surface area contributed by atoms with Crippen LogP contribution in [0.5, 0.6) is 0 Å². The van der Waals surface area contributed by atoms with Crippen molar-refractivity contribution < 1.29 is 8.42 Å². The first-order chi connectivity index (χ1) is 10.6. The van der Waals surface area contributed by atoms with Crippen LogP contribution in [0.15, 0.2) is 29.2 Å². The molecule has 1 heterocycles. The van der Waals surface area contributed by atoms with E-state index in [-0.39, 0.29) is 16.9 Å². The number of benzene rings is 1. The molecule has 0 aliphatic carbocycles. The van der Waals surface area contributed by atoms with E-state index in [2.05, 4.69) is 35.8 Å². The highest BCUT2D eigenvalue weighted by molar-refractivity contribution is 7.89. The summed E-state index contributed by atoms with van der Waals surface area (Å²) in [5, 5.41) is 7.96. The van der Waals surface area contributed by atoms with Crippen LogP contribution in [0.3, 0.4) is 0 Å². The summed E-state index contributed by atoms with van der Waals surface area (Å²) in [6.07, 6.45) is 0. The smallest absolute Gasteiger partial charge is 0.240 e. The standard InChI is InChI=1S/C16H24N4O2S/c1-6-20-15(12(2)18-19-20)11-17-23(21,22)14-9-7-13(8-10-14)16(3,4)5/h7-10,17H,6,11H2,1-5H3. The van der Waals surface area contributed by atoms with Gasteiger partial charge in [-0.2, -0.15) is 0 Å². The lowest BCUT2D eigenvalue weighted by molar-refractivity contribution is 0.565. The van der Waals surface area contributed by atoms with E-state index >= 15 is 0 Å². The van der Waals surface area contributed by atoms with Crippen molar-refractivity contribution in [2.45, 2.75) is 58.0 Å². The summed E-state index contributed by atoms with van der Waals surface area (Å²) < 4.78 is 29.2. The van der Waals surface area contributed by atoms with Crippen LogP contribution >= 0.6 is 0 Å². The van der Waals surface area contributed by atoms with Crippen LogP contribution in [0.1, 0.15) is 44.6 Å². The lowest BCUT2D eigenvalue weighted by atomic mass is 9.87. The van der Waals surface area contributed by atoms with E-state index in [0.717, 1.165) is 17.0 Å². The van der Waals surface area contributed by atoms with Gasteiger partial charge in [-0.1, -0.05) is 38.1 Å². The molecule has 0 unspecified atom stereocenters. The van der Waals surface area contributed by atoms with Gasteiger partial charge in [0.05, 0.1) is 22.8 Å². The zero-order chi connectivity index (χ0) is 17.3. The quantitative estimate of drug-likeness (QED) is 0.909. The number of aryl methyl sites for hydroxylation is 2. The minimum absolute atomic E-state index is 0.00781. The van der Waals surface area contributed by atoms with E-state index in [4.69, 9.17) is 0 Å². The third kappa shape index (κ3) is 3.97. The number of hydrogen-bond donors (Lipinski definition) is 1. The van der Waals surface area contributed by atoms with E-state index < -0.39 is 10.0 Å². The van der Waals surface area contributed by atoms with Crippen molar-refractivity contribution in [1.82, 2.24) is 19.7 Å². The first kappa shape index (κ1) is 17.6. The van der Waals surface area contributed by atoms with Gasteiger partial charge in [-0.3, -0.25) is 0 Å². The second-order valence-electron chi connectivity index (χ2n) is 6.54. The van der Waals surface area contributed by atoms with E-state index in [9.17, 15) is 8.42 Å². The predicted octanol–water partition coefficient (Wildman–Crippen LogP) is 2.38. The molecule has 126 valence electrons. The Kier molecular flexibility index (Phi) is 4.91. The summed E-state index contributed by atoms with van der Waals surface area (Å²) in [7, 11) is -3.56. The molecule has 0 radical (unpaired) electrons. The van der Waals surface area contributed by atoms with Gasteiger partial charge in [0.2, 0.25) is 10.0 Å². The van der Waals surface area contributed by atoms with Crippen LogP contribution in [0, 0.1) is 6.92 Å². The SMILES string of the molecule is CCn1nnc(C)c1CNS(=O)(=O)c1ccc(C(C)(C)C)cc1. The summed E-state index contributed by atoms with van der Waals surface area (Å²) in [4.78, 5) is 0.263. The van der Waals surface area contributed by atoms with Gasteiger partial charge < -0.3 is 0 Å². The number of aromatic nitrogens is 3. The zero-order valence-electron chi connectivity index (χ0n) is 14.3. The first-order valence-corrected chi connectivity index (χ1v) is 9.12. The second-order valence-corrected chi connectivity index (χ2v) is 8.30. The van der Waals surface area contributed by atoms with Crippen LogP contribution in [-0.2, 0) is 28.5 Å². The maximum atomic E-state index is 12.4. The van der Waals surface area contributed by atoms with Crippen molar-refractivity contribution in [1.29, 1.82) is 0 Å². The van der Waals surface area contributed by atoms with Crippen LogP contribution in [0.4, 0.5) is 0 Å². The average molecular weight is 336 g/mol. The number of sulfonamides is 1. The van der Waals surface area contributed by atoms with Crippen molar-refractivity contribution in [3.8, 4) is 0 Å². The molecule has 0 aliphatic rings. The maximum absolute atomic E-state index is 12.4. The molecule has 0 atom stereocenters. The Morgan fingerprint density at radius 1 is 1.17 bits per heavy atom. The van der Waals surface area contributed by atoms with Crippen molar-refractivity contribution in [3.05, 3.63) is 41.2 Å². The summed E-state index contributed by atoms with van der Waals surface area (Å²) in [6, 6.07) is 7.01. The van der Waals surface area contributed by atoms with E-state index in [1.54, 1.807) is 16.8 Å². The number of rotatable bonds is 5. The molecule has 0 fully saturated rings. The molecular weight excluding hydrogens is 312 g/mol. The van der Waals surface area contributed by atoms with Crippen LogP contribution < -0.4 is 4.72 Å². The van der Waals surface area contributed by atoms with Crippen molar-refractivity contribution in [2.75, 3.05) is 0 Å². The first-order valence-electron chi connectivity index (χ1n) is 7.64. The van der Waals surface area contributed by atoms with E-state index in [1.807, 2.05) is 26.0 Å². The Balaban J connectivity index is 2.17. The number of nitrogens with zero attached hydrogens (tertiary/aromatic N) is 3. The fourth-order valence-electron chi connectivity index (χ4n) is 2.27. The normalized spacial score (nSPS) is 12.6. The van der Waals surface area contributed by atoms with Gasteiger partial charge >= 0.3 is 0 Å². The minimum Gasteiger partial charge on any atom is -0.248 e. The Hall–Kier alpha value is -1.73. The van der Waals surface area contributed by atoms with Gasteiger partial charge in [0, 0.05) is 6.54 Å². The number of hydrogen-bond acceptors (Lipinski definition) is 4. The third-order valence-corrected chi connectivity index (χ3v) is 5.21. The lowest BCUT2D eigenvalue weighted by Gasteiger charge is -2.19. The largest absolute Gasteiger partial charge is 0.248 e. The van der Waals surface area contributed by atoms with Crippen molar-refractivity contribution in [2.24, 2.45) is 0 Å². The molecule has 0 amide bonds. The molecule has 0 saturated heterocycles. The highest BCUT2D eigenvalue weighted by atomic mass is 32.2. The summed E-state index contributed by atoms with van der Waals surface area (Å²) in [5.41, 5.74) is 2.60. The Labute approximate surface area is 138 Å². The maximum Gasteiger partial charge on any atom is 0.240 e. The Bertz CT molecular complexity index is 771. The Morgan fingerprint density at radius 2 is 1.78 bits per heavy atom. The molecule has 2 aromatic rings. The van der Waals surface area contributed by atoms with E-state index in [1.165, 1.54) is 0 Å². The molecule has 6 nitrogen and oxygen atoms in total. The summed E-state index contributed by atoms with van der Waals surface area (Å²) in [5.74, 6) is 0. The van der Waals surface area contributed by atoms with Gasteiger partial charge in [0.1, 0.15) is 0 Å². The predicted molar refractivity (Wildman–Crippen MR) is 89.6 cm³/mol. The summed E-state index contributed by atoms with van der Waals surface area (Å²) >= 11 is 0. The molecular formula is C16H24N4O2S. The zero-order valence-corrected chi connectivity index (χ0v) is 15.1. The number of nitrogens with one attached hydrogen (secondary N) is 1. The molecule has 0 bridgehead atoms. The van der Waals surface area contributed by atoms with Crippen LogP contribution in [0.2, 0.25) is 0 Å². The minimum atomic E-state index is -3.56. The monoisotopic (exact) mass is 336 g/mol. The molecule has 1 aromatic carbocycles. The molecule has 23 heavy (non-hydrogen) atoms. The molecule has 2 rings (SSSR count). The van der Waals surface area contributed by atoms with E-state index in [0.29, 0.717) is 6.54 Å². The second kappa shape index (κ2) is 6.41. The highest BCUT2D eigenvalue weighted by Gasteiger charge is 2.18. The van der Waals surface area contributed by atoms with Gasteiger partial charge in [0.15, 0.2) is 0 Å². The molecule has 1 N–H and O–H groups in total. The van der Waals surface area contributed by atoms with Crippen molar-refractivity contribution in [3.63, 3.8) is 0 Å². The van der Waals surface area contributed by atoms with Crippen LogP contribution in [0.25, 0.3) is 0 Å². The fraction of sp³-hybridized carbons (Fsp3) is 0.500.